The molecule has 0 saturated heterocycles. The third-order valence-electron chi connectivity index (χ3n) is 1.99. The summed E-state index contributed by atoms with van der Waals surface area (Å²) in [7, 11) is 1.11. The van der Waals surface area contributed by atoms with E-state index in [-0.39, 0.29) is 12.0 Å². The lowest BCUT2D eigenvalue weighted by atomic mass is 10.1. The van der Waals surface area contributed by atoms with Crippen molar-refractivity contribution in [3.05, 3.63) is 37.9 Å². The van der Waals surface area contributed by atoms with Crippen LogP contribution in [0, 0.1) is 31.6 Å². The first-order chi connectivity index (χ1) is 8.01. The summed E-state index contributed by atoms with van der Waals surface area (Å²) in [5.41, 5.74) is -0.842. The Morgan fingerprint density at radius 2 is 1.76 bits per heavy atom. The summed E-state index contributed by atoms with van der Waals surface area (Å²) in [6.07, 6.45) is -0.147. The Kier molecular flexibility index (Phi) is 3.56. The van der Waals surface area contributed by atoms with Gasteiger partial charge in [0.1, 0.15) is 0 Å². The van der Waals surface area contributed by atoms with E-state index in [0.717, 1.165) is 19.2 Å². The molecule has 0 heterocycles. The number of nitriles is 1. The zero-order valence-corrected chi connectivity index (χ0v) is 8.74. The van der Waals surface area contributed by atoms with Crippen molar-refractivity contribution in [1.82, 2.24) is 0 Å². The van der Waals surface area contributed by atoms with Gasteiger partial charge in [0.2, 0.25) is 0 Å². The van der Waals surface area contributed by atoms with E-state index in [0.29, 0.717) is 0 Å². The van der Waals surface area contributed by atoms with Gasteiger partial charge >= 0.3 is 11.4 Å². The number of nitro groups is 2. The van der Waals surface area contributed by atoms with Crippen LogP contribution in [-0.2, 0) is 6.42 Å². The third-order valence-corrected chi connectivity index (χ3v) is 1.99. The van der Waals surface area contributed by atoms with Crippen LogP contribution in [0.15, 0.2) is 12.1 Å². The molecule has 0 aliphatic rings. The van der Waals surface area contributed by atoms with E-state index in [2.05, 4.69) is 4.74 Å². The van der Waals surface area contributed by atoms with Crippen LogP contribution < -0.4 is 4.74 Å². The fourth-order valence-electron chi connectivity index (χ4n) is 1.33. The fraction of sp³-hybridized carbons (Fsp3) is 0.222. The van der Waals surface area contributed by atoms with Gasteiger partial charge in [-0.3, -0.25) is 20.2 Å². The van der Waals surface area contributed by atoms with Gasteiger partial charge < -0.3 is 4.74 Å². The second-order valence-electron chi connectivity index (χ2n) is 3.02. The molecule has 1 aromatic rings. The molecule has 0 atom stereocenters. The number of nitrogens with zero attached hydrogens (tertiary/aromatic N) is 3. The molecule has 0 saturated carbocycles. The molecule has 1 aromatic carbocycles. The van der Waals surface area contributed by atoms with Crippen molar-refractivity contribution in [3.63, 3.8) is 0 Å². The first kappa shape index (κ1) is 12.4. The third kappa shape index (κ3) is 2.46. The lowest BCUT2D eigenvalue weighted by Crippen LogP contribution is -2.00. The van der Waals surface area contributed by atoms with Gasteiger partial charge in [-0.05, 0) is 5.56 Å². The molecule has 88 valence electrons. The zero-order valence-electron chi connectivity index (χ0n) is 8.74. The molecule has 8 nitrogen and oxygen atoms in total. The Bertz CT molecular complexity index is 485. The van der Waals surface area contributed by atoms with Crippen molar-refractivity contribution in [3.8, 4) is 11.8 Å². The number of rotatable bonds is 4. The minimum absolute atomic E-state index is 0.147. The SMILES string of the molecule is COc1c([N+](=O)[O-])cc(CC#N)cc1[N+](=O)[O-]. The lowest BCUT2D eigenvalue weighted by Gasteiger charge is -2.04. The van der Waals surface area contributed by atoms with E-state index in [1.165, 1.54) is 0 Å². The summed E-state index contributed by atoms with van der Waals surface area (Å²) in [6, 6.07) is 3.95. The maximum atomic E-state index is 10.7. The van der Waals surface area contributed by atoms with E-state index in [9.17, 15) is 20.2 Å². The predicted molar refractivity (Wildman–Crippen MR) is 55.6 cm³/mol. The number of ether oxygens (including phenoxy) is 1. The van der Waals surface area contributed by atoms with Gasteiger partial charge in [0.05, 0.1) is 29.4 Å². The van der Waals surface area contributed by atoms with Gasteiger partial charge in [-0.25, -0.2) is 0 Å². The summed E-state index contributed by atoms with van der Waals surface area (Å²) in [6.45, 7) is 0. The molecule has 8 heteroatoms. The highest BCUT2D eigenvalue weighted by molar-refractivity contribution is 5.62. The fourth-order valence-corrected chi connectivity index (χ4v) is 1.33. The molecule has 0 spiro atoms. The quantitative estimate of drug-likeness (QED) is 0.579. The molecule has 0 aromatic heterocycles. The van der Waals surface area contributed by atoms with Crippen molar-refractivity contribution in [2.24, 2.45) is 0 Å². The van der Waals surface area contributed by atoms with Gasteiger partial charge in [0, 0.05) is 12.1 Å². The Hall–Kier alpha value is -2.69. The first-order valence-electron chi connectivity index (χ1n) is 4.38. The summed E-state index contributed by atoms with van der Waals surface area (Å²) in [5, 5.41) is 29.9. The molecular weight excluding hydrogens is 230 g/mol. The summed E-state index contributed by atoms with van der Waals surface area (Å²) in [4.78, 5) is 19.9. The Balaban J connectivity index is 3.52. The molecular formula is C9H7N3O5. The Morgan fingerprint density at radius 1 is 1.29 bits per heavy atom. The maximum absolute atomic E-state index is 10.7. The largest absolute Gasteiger partial charge is 0.485 e. The monoisotopic (exact) mass is 237 g/mol. The highest BCUT2D eigenvalue weighted by Gasteiger charge is 2.27. The maximum Gasteiger partial charge on any atom is 0.318 e. The van der Waals surface area contributed by atoms with Crippen molar-refractivity contribution >= 4 is 11.4 Å². The number of hydrogen-bond acceptors (Lipinski definition) is 6. The van der Waals surface area contributed by atoms with Crippen LogP contribution in [0.5, 0.6) is 5.75 Å². The molecule has 0 aliphatic carbocycles. The topological polar surface area (TPSA) is 119 Å². The van der Waals surface area contributed by atoms with Crippen molar-refractivity contribution in [2.45, 2.75) is 6.42 Å². The summed E-state index contributed by atoms with van der Waals surface area (Å²) < 4.78 is 4.67. The van der Waals surface area contributed by atoms with Gasteiger partial charge in [0.25, 0.3) is 5.75 Å². The number of nitro benzene ring substituents is 2. The van der Waals surface area contributed by atoms with E-state index < -0.39 is 27.0 Å². The normalized spacial score (nSPS) is 9.41. The Labute approximate surface area is 95.3 Å². The van der Waals surface area contributed by atoms with Crippen molar-refractivity contribution in [1.29, 1.82) is 5.26 Å². The number of hydrogen-bond donors (Lipinski definition) is 0. The van der Waals surface area contributed by atoms with Gasteiger partial charge in [0.15, 0.2) is 0 Å². The van der Waals surface area contributed by atoms with E-state index in [1.54, 1.807) is 6.07 Å². The van der Waals surface area contributed by atoms with Crippen LogP contribution in [0.1, 0.15) is 5.56 Å². The highest BCUT2D eigenvalue weighted by atomic mass is 16.6. The van der Waals surface area contributed by atoms with Crippen LogP contribution >= 0.6 is 0 Å². The van der Waals surface area contributed by atoms with Crippen LogP contribution in [-0.4, -0.2) is 17.0 Å². The van der Waals surface area contributed by atoms with Crippen LogP contribution in [0.2, 0.25) is 0 Å². The molecule has 0 amide bonds. The smallest absolute Gasteiger partial charge is 0.318 e. The number of benzene rings is 1. The van der Waals surface area contributed by atoms with Crippen LogP contribution in [0.4, 0.5) is 11.4 Å². The van der Waals surface area contributed by atoms with Crippen LogP contribution in [0.3, 0.4) is 0 Å². The first-order valence-corrected chi connectivity index (χ1v) is 4.38. The van der Waals surface area contributed by atoms with Gasteiger partial charge in [-0.1, -0.05) is 0 Å². The zero-order chi connectivity index (χ0) is 13.0. The van der Waals surface area contributed by atoms with E-state index >= 15 is 0 Å². The molecule has 0 unspecified atom stereocenters. The van der Waals surface area contributed by atoms with E-state index in [1.807, 2.05) is 0 Å². The molecule has 0 bridgehead atoms. The summed E-state index contributed by atoms with van der Waals surface area (Å²) >= 11 is 0. The second kappa shape index (κ2) is 4.89. The molecule has 0 fully saturated rings. The molecule has 17 heavy (non-hydrogen) atoms. The predicted octanol–water partition coefficient (Wildman–Crippen LogP) is 1.58. The minimum atomic E-state index is -0.785. The second-order valence-corrected chi connectivity index (χ2v) is 3.02. The average molecular weight is 237 g/mol. The van der Waals surface area contributed by atoms with Crippen molar-refractivity contribution < 1.29 is 14.6 Å². The average Bonchev–Trinajstić information content (AvgIpc) is 2.28. The standard InChI is InChI=1S/C9H7N3O5/c1-17-9-7(11(13)14)4-6(2-3-10)5-8(9)12(15)16/h4-5H,2H2,1H3. The summed E-state index contributed by atoms with van der Waals surface area (Å²) in [5.74, 6) is -0.415. The van der Waals surface area contributed by atoms with Crippen molar-refractivity contribution in [2.75, 3.05) is 7.11 Å². The van der Waals surface area contributed by atoms with E-state index in [4.69, 9.17) is 5.26 Å². The van der Waals surface area contributed by atoms with Gasteiger partial charge in [-0.2, -0.15) is 5.26 Å². The minimum Gasteiger partial charge on any atom is -0.485 e. The molecule has 0 radical (unpaired) electrons. The Morgan fingerprint density at radius 3 is 2.06 bits per heavy atom. The number of methoxy groups -OCH3 is 1. The lowest BCUT2D eigenvalue weighted by molar-refractivity contribution is -0.395. The van der Waals surface area contributed by atoms with Crippen LogP contribution in [0.25, 0.3) is 0 Å². The molecule has 1 rings (SSSR count). The molecule has 0 N–H and O–H groups in total. The molecule has 0 aliphatic heterocycles. The van der Waals surface area contributed by atoms with Gasteiger partial charge in [-0.15, -0.1) is 0 Å². The highest BCUT2D eigenvalue weighted by Crippen LogP contribution is 2.37.